The second kappa shape index (κ2) is 81.2. The van der Waals surface area contributed by atoms with E-state index in [9.17, 15) is 19.8 Å². The highest BCUT2D eigenvalue weighted by atomic mass is 16.5. The molecule has 0 aromatic heterocycles. The van der Waals surface area contributed by atoms with Gasteiger partial charge in [0, 0.05) is 12.8 Å². The summed E-state index contributed by atoms with van der Waals surface area (Å²) in [6.45, 7) is 4.97. The maximum atomic E-state index is 12.6. The summed E-state index contributed by atoms with van der Waals surface area (Å²) < 4.78 is 5.51. The lowest BCUT2D eigenvalue weighted by molar-refractivity contribution is -0.143. The Kier molecular flexibility index (Phi) is 79.3. The van der Waals surface area contributed by atoms with Crippen LogP contribution in [0.15, 0.2) is 48.6 Å². The third kappa shape index (κ3) is 76.8. The molecule has 0 saturated heterocycles. The monoisotopic (exact) mass is 1290 g/mol. The number of hydrogen-bond donors (Lipinski definition) is 3. The molecule has 542 valence electrons. The molecule has 0 aliphatic rings. The maximum absolute atomic E-state index is 12.6. The molecule has 6 nitrogen and oxygen atoms in total. The zero-order valence-electron chi connectivity index (χ0n) is 62.3. The van der Waals surface area contributed by atoms with Crippen LogP contribution >= 0.6 is 0 Å². The number of carbonyl (C=O) groups excluding carboxylic acids is 2. The van der Waals surface area contributed by atoms with Crippen LogP contribution in [-0.4, -0.2) is 47.4 Å². The molecule has 0 heterocycles. The van der Waals surface area contributed by atoms with Crippen molar-refractivity contribution in [3.63, 3.8) is 0 Å². The summed E-state index contributed by atoms with van der Waals surface area (Å²) in [5, 5.41) is 23.4. The number of amides is 1. The lowest BCUT2D eigenvalue weighted by atomic mass is 10.0. The molecule has 2 unspecified atom stereocenters. The van der Waals surface area contributed by atoms with Gasteiger partial charge in [-0.1, -0.05) is 409 Å². The van der Waals surface area contributed by atoms with Gasteiger partial charge in [-0.05, 0) is 89.9 Å². The number of nitrogens with one attached hydrogen (secondary N) is 1. The quantitative estimate of drug-likeness (QED) is 0.0320. The van der Waals surface area contributed by atoms with Crippen LogP contribution < -0.4 is 5.32 Å². The van der Waals surface area contributed by atoms with Crippen molar-refractivity contribution in [2.45, 2.75) is 475 Å². The van der Waals surface area contributed by atoms with Gasteiger partial charge in [-0.15, -0.1) is 0 Å². The molecule has 0 rings (SSSR count). The minimum Gasteiger partial charge on any atom is -0.466 e. The van der Waals surface area contributed by atoms with Crippen molar-refractivity contribution in [2.24, 2.45) is 0 Å². The number of esters is 1. The normalized spacial score (nSPS) is 12.7. The maximum Gasteiger partial charge on any atom is 0.305 e. The summed E-state index contributed by atoms with van der Waals surface area (Å²) in [4.78, 5) is 24.7. The van der Waals surface area contributed by atoms with E-state index in [1.54, 1.807) is 0 Å². The third-order valence-electron chi connectivity index (χ3n) is 19.6. The number of aliphatic hydroxyl groups is 2. The van der Waals surface area contributed by atoms with Gasteiger partial charge < -0.3 is 20.3 Å². The predicted octanol–water partition coefficient (Wildman–Crippen LogP) is 27.9. The molecule has 6 heteroatoms. The highest BCUT2D eigenvalue weighted by Crippen LogP contribution is 2.20. The van der Waals surface area contributed by atoms with Crippen molar-refractivity contribution < 1.29 is 24.5 Å². The van der Waals surface area contributed by atoms with Gasteiger partial charge in [0.25, 0.3) is 0 Å². The molecule has 0 aromatic rings. The standard InChI is InChI=1S/C86H163NO5/c1-3-5-7-9-11-13-15-17-19-21-42-46-50-54-58-62-66-70-74-78-84(89)83(82-88)87-85(90)79-75-71-67-63-59-55-51-47-44-40-38-36-34-32-30-28-26-24-23-25-27-29-31-33-35-37-39-41-45-49-53-57-61-65-69-73-77-81-92-86(91)80-76-72-68-64-60-56-52-48-43-22-20-18-16-14-12-10-8-6-4-2/h12,14,18,20,23,25,29,31,83-84,88-89H,3-11,13,15-17,19,21-22,24,26-28,30,32-82H2,1-2H3,(H,87,90)/b14-12-,20-18-,25-23-,31-29-. The fourth-order valence-electron chi connectivity index (χ4n) is 13.2. The van der Waals surface area contributed by atoms with Crippen molar-refractivity contribution in [2.75, 3.05) is 13.2 Å². The van der Waals surface area contributed by atoms with Gasteiger partial charge in [0.05, 0.1) is 25.4 Å². The van der Waals surface area contributed by atoms with Crippen LogP contribution in [0, 0.1) is 0 Å². The Balaban J connectivity index is 3.36. The lowest BCUT2D eigenvalue weighted by Gasteiger charge is -2.22. The minimum absolute atomic E-state index is 0.0156. The predicted molar refractivity (Wildman–Crippen MR) is 407 cm³/mol. The van der Waals surface area contributed by atoms with Crippen LogP contribution in [0.5, 0.6) is 0 Å². The molecule has 0 aliphatic carbocycles. The number of ether oxygens (including phenoxy) is 1. The molecule has 92 heavy (non-hydrogen) atoms. The van der Waals surface area contributed by atoms with E-state index < -0.39 is 12.1 Å². The van der Waals surface area contributed by atoms with Crippen LogP contribution in [0.1, 0.15) is 463 Å². The second-order valence-electron chi connectivity index (χ2n) is 28.8. The van der Waals surface area contributed by atoms with E-state index >= 15 is 0 Å². The Labute approximate surface area is 576 Å². The highest BCUT2D eigenvalue weighted by molar-refractivity contribution is 5.76. The zero-order chi connectivity index (χ0) is 66.3. The minimum atomic E-state index is -0.664. The van der Waals surface area contributed by atoms with E-state index in [4.69, 9.17) is 4.74 Å². The van der Waals surface area contributed by atoms with E-state index in [0.717, 1.165) is 57.8 Å². The number of unbranched alkanes of at least 4 members (excludes halogenated alkanes) is 60. The van der Waals surface area contributed by atoms with Crippen LogP contribution in [0.2, 0.25) is 0 Å². The van der Waals surface area contributed by atoms with Gasteiger partial charge in [0.2, 0.25) is 5.91 Å². The molecule has 1 amide bonds. The number of carbonyl (C=O) groups is 2. The summed E-state index contributed by atoms with van der Waals surface area (Å²) in [6, 6.07) is -0.541. The molecule has 0 bridgehead atoms. The van der Waals surface area contributed by atoms with E-state index in [1.807, 2.05) is 0 Å². The SMILES string of the molecule is CCCCC/C=C\C/C=C\CCCCCCCCCCCC(=O)OCCCCCCCCCCCCCCC/C=C\C/C=C\CCCCCCCCCCCCCCCCCCCC(=O)NC(CO)C(O)CCCCCCCCCCCCCCCCCCCCC. The average molecular weight is 1290 g/mol. The molecule has 0 aromatic carbocycles. The Bertz CT molecular complexity index is 1540. The number of allylic oxidation sites excluding steroid dienone is 8. The molecule has 0 saturated carbocycles. The molecule has 0 fully saturated rings. The first kappa shape index (κ1) is 89.8. The molecule has 0 aliphatic heterocycles. The van der Waals surface area contributed by atoms with Crippen LogP contribution in [0.3, 0.4) is 0 Å². The number of hydrogen-bond acceptors (Lipinski definition) is 5. The summed E-state index contributed by atoms with van der Waals surface area (Å²) in [5.74, 6) is -0.0121. The average Bonchev–Trinajstić information content (AvgIpc) is 3.61. The molecular formula is C86H163NO5. The van der Waals surface area contributed by atoms with E-state index in [1.165, 1.54) is 372 Å². The summed E-state index contributed by atoms with van der Waals surface area (Å²) in [5.41, 5.74) is 0. The van der Waals surface area contributed by atoms with Crippen molar-refractivity contribution >= 4 is 11.9 Å². The summed E-state index contributed by atoms with van der Waals surface area (Å²) in [7, 11) is 0. The van der Waals surface area contributed by atoms with Gasteiger partial charge in [-0.2, -0.15) is 0 Å². The molecule has 3 N–H and O–H groups in total. The van der Waals surface area contributed by atoms with Crippen molar-refractivity contribution in [1.82, 2.24) is 5.32 Å². The van der Waals surface area contributed by atoms with Crippen LogP contribution in [-0.2, 0) is 14.3 Å². The number of aliphatic hydroxyl groups excluding tert-OH is 2. The highest BCUT2D eigenvalue weighted by Gasteiger charge is 2.20. The second-order valence-corrected chi connectivity index (χ2v) is 28.8. The van der Waals surface area contributed by atoms with Crippen molar-refractivity contribution in [3.8, 4) is 0 Å². The smallest absolute Gasteiger partial charge is 0.305 e. The largest absolute Gasteiger partial charge is 0.466 e. The van der Waals surface area contributed by atoms with Crippen LogP contribution in [0.25, 0.3) is 0 Å². The Morgan fingerprint density at radius 3 is 0.848 bits per heavy atom. The summed E-state index contributed by atoms with van der Waals surface area (Å²) >= 11 is 0. The summed E-state index contributed by atoms with van der Waals surface area (Å²) in [6.07, 6.45) is 108. The van der Waals surface area contributed by atoms with Gasteiger partial charge in [0.15, 0.2) is 0 Å². The van der Waals surface area contributed by atoms with Crippen molar-refractivity contribution in [1.29, 1.82) is 0 Å². The van der Waals surface area contributed by atoms with Gasteiger partial charge in [-0.3, -0.25) is 9.59 Å². The van der Waals surface area contributed by atoms with Gasteiger partial charge >= 0.3 is 5.97 Å². The van der Waals surface area contributed by atoms with E-state index in [0.29, 0.717) is 25.9 Å². The lowest BCUT2D eigenvalue weighted by Crippen LogP contribution is -2.45. The Morgan fingerprint density at radius 2 is 0.543 bits per heavy atom. The Morgan fingerprint density at radius 1 is 0.304 bits per heavy atom. The first-order valence-electron chi connectivity index (χ1n) is 41.9. The van der Waals surface area contributed by atoms with Crippen molar-refractivity contribution in [3.05, 3.63) is 48.6 Å². The third-order valence-corrected chi connectivity index (χ3v) is 19.6. The molecule has 2 atom stereocenters. The van der Waals surface area contributed by atoms with Gasteiger partial charge in [-0.25, -0.2) is 0 Å². The fraction of sp³-hybridized carbons (Fsp3) is 0.884. The molecule has 0 radical (unpaired) electrons. The van der Waals surface area contributed by atoms with Gasteiger partial charge in [0.1, 0.15) is 0 Å². The fourth-order valence-corrected chi connectivity index (χ4v) is 13.2. The zero-order valence-corrected chi connectivity index (χ0v) is 62.3. The van der Waals surface area contributed by atoms with E-state index in [-0.39, 0.29) is 18.5 Å². The first-order chi connectivity index (χ1) is 45.5. The topological polar surface area (TPSA) is 95.9 Å². The first-order valence-corrected chi connectivity index (χ1v) is 41.9. The molecule has 0 spiro atoms. The number of rotatable bonds is 79. The Hall–Kier alpha value is -2.18. The van der Waals surface area contributed by atoms with E-state index in [2.05, 4.69) is 67.8 Å². The molecular weight excluding hydrogens is 1130 g/mol. The van der Waals surface area contributed by atoms with Crippen LogP contribution in [0.4, 0.5) is 0 Å².